The van der Waals surface area contributed by atoms with E-state index in [4.69, 9.17) is 15.8 Å². The topological polar surface area (TPSA) is 74.1 Å². The third-order valence-corrected chi connectivity index (χ3v) is 7.11. The maximum atomic E-state index is 12.3. The third-order valence-electron chi connectivity index (χ3n) is 4.52. The standard InChI is InChI=1S/C23H20ClN3O3S2/c24-19-11-13-20(14-12-19)27-22(17-18-7-3-1-4-8-18)25-26-23(27)31-15-16-32(28,29)30-21-9-5-2-6-10-21/h1-14H,15-17H2. The highest BCUT2D eigenvalue weighted by molar-refractivity contribution is 8.00. The van der Waals surface area contributed by atoms with E-state index in [2.05, 4.69) is 10.2 Å². The van der Waals surface area contributed by atoms with E-state index in [1.54, 1.807) is 42.5 Å². The van der Waals surface area contributed by atoms with Crippen LogP contribution < -0.4 is 4.18 Å². The van der Waals surface area contributed by atoms with Gasteiger partial charge in [0.15, 0.2) is 5.16 Å². The number of rotatable bonds is 9. The Balaban J connectivity index is 1.52. The van der Waals surface area contributed by atoms with Crippen molar-refractivity contribution in [3.05, 3.63) is 101 Å². The zero-order valence-corrected chi connectivity index (χ0v) is 19.4. The summed E-state index contributed by atoms with van der Waals surface area (Å²) in [6, 6.07) is 25.8. The van der Waals surface area contributed by atoms with Gasteiger partial charge in [-0.3, -0.25) is 4.57 Å². The van der Waals surface area contributed by atoms with Gasteiger partial charge in [0.05, 0.1) is 5.75 Å². The summed E-state index contributed by atoms with van der Waals surface area (Å²) in [6.07, 6.45) is 0.590. The Morgan fingerprint density at radius 1 is 0.875 bits per heavy atom. The van der Waals surface area contributed by atoms with Crippen LogP contribution in [0.3, 0.4) is 0 Å². The quantitative estimate of drug-likeness (QED) is 0.245. The summed E-state index contributed by atoms with van der Waals surface area (Å²) in [5, 5.41) is 9.93. The molecule has 0 unspecified atom stereocenters. The minimum absolute atomic E-state index is 0.159. The van der Waals surface area contributed by atoms with Crippen LogP contribution in [0.2, 0.25) is 5.02 Å². The average molecular weight is 486 g/mol. The number of nitrogens with zero attached hydrogens (tertiary/aromatic N) is 3. The molecule has 0 aliphatic rings. The fourth-order valence-corrected chi connectivity index (χ4v) is 5.42. The molecule has 0 spiro atoms. The minimum atomic E-state index is -3.73. The summed E-state index contributed by atoms with van der Waals surface area (Å²) in [7, 11) is -3.73. The van der Waals surface area contributed by atoms with E-state index in [1.807, 2.05) is 47.0 Å². The van der Waals surface area contributed by atoms with Gasteiger partial charge in [-0.25, -0.2) is 0 Å². The van der Waals surface area contributed by atoms with Gasteiger partial charge >= 0.3 is 10.1 Å². The van der Waals surface area contributed by atoms with Gasteiger partial charge in [0.25, 0.3) is 0 Å². The minimum Gasteiger partial charge on any atom is -0.382 e. The Morgan fingerprint density at radius 3 is 2.22 bits per heavy atom. The van der Waals surface area contributed by atoms with Crippen LogP contribution in [0, 0.1) is 0 Å². The Kier molecular flexibility index (Phi) is 7.14. The lowest BCUT2D eigenvalue weighted by molar-refractivity contribution is 0.488. The van der Waals surface area contributed by atoms with E-state index in [1.165, 1.54) is 11.8 Å². The summed E-state index contributed by atoms with van der Waals surface area (Å²) in [4.78, 5) is 0. The molecule has 0 aliphatic heterocycles. The van der Waals surface area contributed by atoms with Gasteiger partial charge in [0.2, 0.25) is 0 Å². The maximum Gasteiger partial charge on any atom is 0.310 e. The van der Waals surface area contributed by atoms with Gasteiger partial charge in [-0.15, -0.1) is 10.2 Å². The SMILES string of the molecule is O=S(=O)(CCSc1nnc(Cc2ccccc2)n1-c1ccc(Cl)cc1)Oc1ccccc1. The molecule has 32 heavy (non-hydrogen) atoms. The van der Waals surface area contributed by atoms with E-state index in [-0.39, 0.29) is 11.5 Å². The number of hydrogen-bond acceptors (Lipinski definition) is 6. The molecule has 4 rings (SSSR count). The number of thioether (sulfide) groups is 1. The normalized spacial score (nSPS) is 11.4. The molecule has 0 N–H and O–H groups in total. The summed E-state index contributed by atoms with van der Waals surface area (Å²) >= 11 is 7.37. The molecule has 0 saturated carbocycles. The van der Waals surface area contributed by atoms with Crippen LogP contribution in [0.25, 0.3) is 5.69 Å². The molecule has 6 nitrogen and oxygen atoms in total. The summed E-state index contributed by atoms with van der Waals surface area (Å²) in [6.45, 7) is 0. The number of para-hydroxylation sites is 1. The van der Waals surface area contributed by atoms with Gasteiger partial charge in [-0.1, -0.05) is 71.9 Å². The fourth-order valence-electron chi connectivity index (χ4n) is 3.04. The highest BCUT2D eigenvalue weighted by Crippen LogP contribution is 2.25. The molecule has 164 valence electrons. The zero-order chi connectivity index (χ0) is 22.4. The maximum absolute atomic E-state index is 12.3. The first-order chi connectivity index (χ1) is 15.5. The molecule has 3 aromatic carbocycles. The van der Waals surface area contributed by atoms with E-state index in [9.17, 15) is 8.42 Å². The first-order valence-corrected chi connectivity index (χ1v) is 12.8. The molecule has 0 fully saturated rings. The second kappa shape index (κ2) is 10.2. The van der Waals surface area contributed by atoms with Crippen LogP contribution in [-0.2, 0) is 16.5 Å². The van der Waals surface area contributed by atoms with Crippen molar-refractivity contribution < 1.29 is 12.6 Å². The van der Waals surface area contributed by atoms with E-state index in [0.717, 1.165) is 17.1 Å². The van der Waals surface area contributed by atoms with E-state index in [0.29, 0.717) is 22.3 Å². The molecule has 0 radical (unpaired) electrons. The van der Waals surface area contributed by atoms with Gasteiger partial charge in [-0.2, -0.15) is 8.42 Å². The van der Waals surface area contributed by atoms with Crippen molar-refractivity contribution in [2.45, 2.75) is 11.6 Å². The largest absolute Gasteiger partial charge is 0.382 e. The predicted octanol–water partition coefficient (Wildman–Crippen LogP) is 5.01. The zero-order valence-electron chi connectivity index (χ0n) is 17.0. The van der Waals surface area contributed by atoms with Crippen molar-refractivity contribution in [3.63, 3.8) is 0 Å². The second-order valence-electron chi connectivity index (χ2n) is 6.88. The van der Waals surface area contributed by atoms with Crippen LogP contribution >= 0.6 is 23.4 Å². The lowest BCUT2D eigenvalue weighted by atomic mass is 10.1. The van der Waals surface area contributed by atoms with Crippen molar-refractivity contribution in [2.75, 3.05) is 11.5 Å². The Morgan fingerprint density at radius 2 is 1.53 bits per heavy atom. The van der Waals surface area contributed by atoms with Gasteiger partial charge < -0.3 is 4.18 Å². The molecule has 0 atom stereocenters. The highest BCUT2D eigenvalue weighted by Gasteiger charge is 2.18. The Labute approximate surface area is 196 Å². The Hall–Kier alpha value is -2.81. The lowest BCUT2D eigenvalue weighted by Crippen LogP contribution is -2.15. The Bertz CT molecular complexity index is 1260. The molecule has 0 aliphatic carbocycles. The van der Waals surface area contributed by atoms with Crippen molar-refractivity contribution in [1.82, 2.24) is 14.8 Å². The molecule has 9 heteroatoms. The molecule has 0 amide bonds. The van der Waals surface area contributed by atoms with Crippen molar-refractivity contribution in [3.8, 4) is 11.4 Å². The highest BCUT2D eigenvalue weighted by atomic mass is 35.5. The van der Waals surface area contributed by atoms with Crippen LogP contribution in [0.15, 0.2) is 90.1 Å². The van der Waals surface area contributed by atoms with Crippen LogP contribution in [0.4, 0.5) is 0 Å². The van der Waals surface area contributed by atoms with Gasteiger partial charge in [-0.05, 0) is 42.0 Å². The summed E-state index contributed by atoms with van der Waals surface area (Å²) < 4.78 is 31.8. The van der Waals surface area contributed by atoms with Crippen molar-refractivity contribution >= 4 is 33.5 Å². The summed E-state index contributed by atoms with van der Waals surface area (Å²) in [5.41, 5.74) is 1.96. The number of benzene rings is 3. The average Bonchev–Trinajstić information content (AvgIpc) is 3.17. The molecule has 0 bridgehead atoms. The fraction of sp³-hybridized carbons (Fsp3) is 0.130. The monoisotopic (exact) mass is 485 g/mol. The smallest absolute Gasteiger partial charge is 0.310 e. The van der Waals surface area contributed by atoms with Crippen molar-refractivity contribution in [1.29, 1.82) is 0 Å². The molecule has 1 heterocycles. The predicted molar refractivity (Wildman–Crippen MR) is 127 cm³/mol. The first-order valence-electron chi connectivity index (χ1n) is 9.84. The van der Waals surface area contributed by atoms with Gasteiger partial charge in [0.1, 0.15) is 11.6 Å². The van der Waals surface area contributed by atoms with Crippen molar-refractivity contribution in [2.24, 2.45) is 0 Å². The first kappa shape index (κ1) is 22.4. The molecular weight excluding hydrogens is 466 g/mol. The number of hydrogen-bond donors (Lipinski definition) is 0. The summed E-state index contributed by atoms with van der Waals surface area (Å²) in [5.74, 6) is 1.16. The molecular formula is C23H20ClN3O3S2. The van der Waals surface area contributed by atoms with Gasteiger partial charge in [0, 0.05) is 22.9 Å². The third kappa shape index (κ3) is 5.91. The number of aromatic nitrogens is 3. The second-order valence-corrected chi connectivity index (χ2v) is 10.1. The molecule has 4 aromatic rings. The molecule has 1 aromatic heterocycles. The van der Waals surface area contributed by atoms with Crippen LogP contribution in [0.1, 0.15) is 11.4 Å². The van der Waals surface area contributed by atoms with E-state index < -0.39 is 10.1 Å². The number of halogens is 1. The molecule has 0 saturated heterocycles. The van der Waals surface area contributed by atoms with E-state index >= 15 is 0 Å². The lowest BCUT2D eigenvalue weighted by Gasteiger charge is -2.11. The van der Waals surface area contributed by atoms with Crippen LogP contribution in [-0.4, -0.2) is 34.7 Å². The van der Waals surface area contributed by atoms with Crippen LogP contribution in [0.5, 0.6) is 5.75 Å².